The van der Waals surface area contributed by atoms with E-state index in [1.165, 1.54) is 55.3 Å². The van der Waals surface area contributed by atoms with Crippen LogP contribution in [0.3, 0.4) is 0 Å². The molecule has 16 amide bonds. The van der Waals surface area contributed by atoms with Crippen molar-refractivity contribution in [1.82, 2.24) is 83.9 Å². The van der Waals surface area contributed by atoms with Crippen LogP contribution in [-0.2, 0) is 89.6 Å². The molecule has 6 rings (SSSR count). The van der Waals surface area contributed by atoms with Crippen LogP contribution in [0.5, 0.6) is 5.75 Å². The smallest absolute Gasteiger partial charge is 0.245 e. The van der Waals surface area contributed by atoms with E-state index in [2.05, 4.69) is 84.1 Å². The van der Waals surface area contributed by atoms with Gasteiger partial charge in [0.15, 0.2) is 0 Å². The van der Waals surface area contributed by atoms with Gasteiger partial charge in [0.2, 0.25) is 94.5 Å². The first-order chi connectivity index (χ1) is 56.2. The van der Waals surface area contributed by atoms with Crippen LogP contribution in [0, 0.1) is 23.7 Å². The summed E-state index contributed by atoms with van der Waals surface area (Å²) in [6, 6.07) is -7.17. The highest BCUT2D eigenvalue weighted by Crippen LogP contribution is 2.24. The van der Waals surface area contributed by atoms with Crippen LogP contribution >= 0.6 is 0 Å². The number of aliphatic hydroxyl groups excluding tert-OH is 2. The van der Waals surface area contributed by atoms with Gasteiger partial charge in [-0.3, -0.25) is 81.7 Å². The number of primary amides is 2. The van der Waals surface area contributed by atoms with E-state index >= 15 is 9.59 Å². The van der Waals surface area contributed by atoms with Crippen LogP contribution in [0.15, 0.2) is 64.7 Å². The quantitative estimate of drug-likeness (QED) is 0.0253. The number of nitrogens with zero attached hydrogens (tertiary/aromatic N) is 4. The summed E-state index contributed by atoms with van der Waals surface area (Å²) in [6.07, 6.45) is 1.78. The van der Waals surface area contributed by atoms with Crippen LogP contribution in [0.1, 0.15) is 139 Å². The van der Waals surface area contributed by atoms with Crippen LogP contribution in [0.2, 0.25) is 0 Å². The summed E-state index contributed by atoms with van der Waals surface area (Å²) in [6.45, 7) is 14.8. The number of phenols is 1. The van der Waals surface area contributed by atoms with Gasteiger partial charge in [0, 0.05) is 61.8 Å². The van der Waals surface area contributed by atoms with E-state index in [0.717, 1.165) is 10.9 Å². The molecular formula is C79H119N21O19. The maximum Gasteiger partial charge on any atom is 0.245 e. The number of hydrogen-bond acceptors (Lipinski definition) is 23. The molecule has 1 unspecified atom stereocenters. The molecule has 3 aliphatic heterocycles. The van der Waals surface area contributed by atoms with Crippen molar-refractivity contribution in [2.75, 3.05) is 39.3 Å². The van der Waals surface area contributed by atoms with Crippen LogP contribution in [0.25, 0.3) is 10.9 Å². The number of aromatic hydroxyl groups is 1. The van der Waals surface area contributed by atoms with E-state index < -0.39 is 230 Å². The molecule has 0 radical (unpaired) electrons. The fraction of sp³-hybridized carbons (Fsp3) is 0.595. The van der Waals surface area contributed by atoms with Crippen molar-refractivity contribution in [3.05, 3.63) is 65.9 Å². The number of amides is 16. The minimum Gasteiger partial charge on any atom is -0.508 e. The van der Waals surface area contributed by atoms with Crippen LogP contribution < -0.4 is 86.3 Å². The number of carbonyl (C=O) groups is 16. The van der Waals surface area contributed by atoms with E-state index in [0.29, 0.717) is 17.5 Å². The molecule has 16 atom stereocenters. The minimum atomic E-state index is -1.89. The zero-order valence-corrected chi connectivity index (χ0v) is 69.1. The van der Waals surface area contributed by atoms with Crippen molar-refractivity contribution in [3.8, 4) is 5.75 Å². The number of rotatable bonds is 41. The molecule has 0 saturated carbocycles. The summed E-state index contributed by atoms with van der Waals surface area (Å²) in [5.41, 5.74) is 18.5. The fourth-order valence-corrected chi connectivity index (χ4v) is 13.9. The standard InChI is InChI=1S/C79H119N21O19/c1-39(2)25-53-72(112)95-59(27-41(5)6)79(119)99(36-64(106)100-23-14-17-61(100)77(117)93-57(30-49-34-83-38-86-49)70(110)88-44(10)69(109)97-65(42(7)8)67(82)107)24-22-48(89-55(73(113)91-53)28-46-18-20-50(103)21-19-46)35-85-68(108)43(9)87-76(116)60(37-101)96-74(114)58(31-62(81)104)92-71(111)54(26-40(3)4)94-78(118)66(45(11)102)98-75(115)56(90-63(105)32-80)29-47-33-84-52-16-13-12-15-51(47)52/h12-13,15-16,18-21,33-34,38-45,48-49,53-61,65-66,84,89,101-103H,14,17,22-32,35-37,80H2,1-11H3,(H2,81,104)(H2,82,107)(H,85,108)(H,87,116)(H,88,110)(H,90,105)(H,91,113)(H,92,111)(H,93,117)(H,94,118)(H,95,112)(H,96,114)(H,97,109)(H,98,115)/t43-,44-,45+,48+,49?,53-,54-,55-,56-,57-,58-,59-,60-,61-,65-,66-/m0/s1. The van der Waals surface area contributed by atoms with Crippen LogP contribution in [-0.4, -0.2) is 273 Å². The molecule has 40 heteroatoms. The molecular weight excluding hydrogens is 1550 g/mol. The second kappa shape index (κ2) is 46.0. The lowest BCUT2D eigenvalue weighted by Crippen LogP contribution is -2.62. The summed E-state index contributed by atoms with van der Waals surface area (Å²) in [5.74, 6) is -15.4. The molecule has 23 N–H and O–H groups in total. The summed E-state index contributed by atoms with van der Waals surface area (Å²) >= 11 is 0. The van der Waals surface area contributed by atoms with Crippen LogP contribution in [0.4, 0.5) is 0 Å². The Balaban J connectivity index is 1.22. The Labute approximate surface area is 690 Å². The molecule has 3 aromatic rings. The molecule has 0 spiro atoms. The summed E-state index contributed by atoms with van der Waals surface area (Å²) in [5, 5.41) is 66.6. The largest absolute Gasteiger partial charge is 0.508 e. The second-order valence-corrected chi connectivity index (χ2v) is 32.0. The Morgan fingerprint density at radius 1 is 0.605 bits per heavy atom. The van der Waals surface area contributed by atoms with E-state index in [9.17, 15) is 82.4 Å². The van der Waals surface area contributed by atoms with Crippen molar-refractivity contribution in [3.63, 3.8) is 0 Å². The first-order valence-electron chi connectivity index (χ1n) is 40.1. The lowest BCUT2D eigenvalue weighted by molar-refractivity contribution is -0.145. The number of aliphatic imine (C=N–C) groups is 2. The number of nitrogens with two attached hydrogens (primary N) is 3. The first kappa shape index (κ1) is 96.3. The van der Waals surface area contributed by atoms with Gasteiger partial charge in [0.05, 0.1) is 44.3 Å². The molecule has 0 bridgehead atoms. The number of carbonyl (C=O) groups excluding carboxylic acids is 16. The predicted molar refractivity (Wildman–Crippen MR) is 435 cm³/mol. The topological polar surface area (TPSA) is 615 Å². The predicted octanol–water partition coefficient (Wildman–Crippen LogP) is -4.94. The maximum atomic E-state index is 15.4. The molecule has 1 aromatic heterocycles. The Hall–Kier alpha value is -11.5. The highest BCUT2D eigenvalue weighted by Gasteiger charge is 2.42. The van der Waals surface area contributed by atoms with Gasteiger partial charge in [0.1, 0.15) is 84.6 Å². The normalized spacial score (nSPS) is 20.3. The number of nitrogens with one attached hydrogen (secondary N) is 14. The molecule has 654 valence electrons. The van der Waals surface area contributed by atoms with Gasteiger partial charge in [-0.2, -0.15) is 0 Å². The van der Waals surface area contributed by atoms with E-state index in [4.69, 9.17) is 17.2 Å². The number of fused-ring (bicyclic) bond motifs is 1. The molecule has 4 heterocycles. The Kier molecular flexibility index (Phi) is 37.2. The highest BCUT2D eigenvalue weighted by molar-refractivity contribution is 6.01. The Morgan fingerprint density at radius 2 is 1.19 bits per heavy atom. The van der Waals surface area contributed by atoms with Gasteiger partial charge in [-0.25, -0.2) is 4.99 Å². The van der Waals surface area contributed by atoms with Crippen molar-refractivity contribution in [2.24, 2.45) is 50.9 Å². The summed E-state index contributed by atoms with van der Waals surface area (Å²) in [7, 11) is 0. The number of para-hydroxylation sites is 1. The number of likely N-dealkylation sites (tertiary alicyclic amines) is 1. The zero-order valence-electron chi connectivity index (χ0n) is 69.1. The Bertz CT molecular complexity index is 4140. The number of aromatic amines is 1. The third-order valence-corrected chi connectivity index (χ3v) is 20.2. The molecule has 3 aliphatic rings. The number of aliphatic hydroxyl groups is 2. The monoisotopic (exact) mass is 1670 g/mol. The zero-order chi connectivity index (χ0) is 88.2. The second-order valence-electron chi connectivity index (χ2n) is 32.0. The van der Waals surface area contributed by atoms with Gasteiger partial charge in [-0.05, 0) is 119 Å². The van der Waals surface area contributed by atoms with Gasteiger partial charge in [0.25, 0.3) is 0 Å². The van der Waals surface area contributed by atoms with Crippen molar-refractivity contribution in [2.45, 2.75) is 237 Å². The van der Waals surface area contributed by atoms with E-state index in [1.807, 2.05) is 27.7 Å². The number of H-pyrrole nitrogens is 1. The molecule has 40 nitrogen and oxygen atoms in total. The number of hydrogen-bond donors (Lipinski definition) is 20. The number of phenolic OH excluding ortho intramolecular Hbond substituents is 1. The van der Waals surface area contributed by atoms with Gasteiger partial charge in [-0.1, -0.05) is 85.7 Å². The first-order valence-corrected chi connectivity index (χ1v) is 40.1. The minimum absolute atomic E-state index is 0.0159. The lowest BCUT2D eigenvalue weighted by Gasteiger charge is -2.33. The number of benzene rings is 2. The van der Waals surface area contributed by atoms with Crippen molar-refractivity contribution in [1.29, 1.82) is 0 Å². The summed E-state index contributed by atoms with van der Waals surface area (Å²) in [4.78, 5) is 238. The van der Waals surface area contributed by atoms with E-state index in [-0.39, 0.29) is 88.0 Å². The van der Waals surface area contributed by atoms with Gasteiger partial charge >= 0.3 is 0 Å². The molecule has 119 heavy (non-hydrogen) atoms. The lowest BCUT2D eigenvalue weighted by atomic mass is 9.99. The average molecular weight is 1670 g/mol. The molecule has 0 aliphatic carbocycles. The van der Waals surface area contributed by atoms with Crippen molar-refractivity contribution >= 4 is 118 Å². The summed E-state index contributed by atoms with van der Waals surface area (Å²) < 4.78 is 0. The SMILES string of the molecule is CC(C)C[C@@H]1NC(=O)[C@H](Cc2ccc(O)cc2)N[C@@H](CNC(=O)[C@H](C)NC(=O)[C@H](CO)NC(=O)[C@H](CC(N)=O)NC(=O)[C@H](CC(C)C)NC(=O)[C@@H](NC(=O)[C@H](Cc2c[nH]c3ccccc23)NC(=O)CN)[C@@H](C)O)CCN(CC(=O)N2CCC[C@H]2C(=O)N[C@@H](CC2C=NC=N2)C(=O)N[C@@H](C)C(=O)N[C@H](C(N)=O)C(C)C)C(=O)[C@H](CC(C)C)NC1=O. The maximum absolute atomic E-state index is 15.4. The molecule has 2 aromatic carbocycles. The Morgan fingerprint density at radius 3 is 1.80 bits per heavy atom. The third-order valence-electron chi connectivity index (χ3n) is 20.2. The molecule has 2 fully saturated rings. The van der Waals surface area contributed by atoms with E-state index in [1.54, 1.807) is 70.3 Å². The highest BCUT2D eigenvalue weighted by atomic mass is 16.3. The number of aromatic nitrogens is 1. The third kappa shape index (κ3) is 29.8. The molecule has 2 saturated heterocycles. The van der Waals surface area contributed by atoms with Gasteiger partial charge in [-0.15, -0.1) is 0 Å². The van der Waals surface area contributed by atoms with Gasteiger partial charge < -0.3 is 116 Å². The van der Waals surface area contributed by atoms with Crippen molar-refractivity contribution < 1.29 is 92.0 Å². The average Bonchev–Trinajstić information content (AvgIpc) is 1.68. The fourth-order valence-electron chi connectivity index (χ4n) is 13.9.